The highest BCUT2D eigenvalue weighted by atomic mass is 35.5. The van der Waals surface area contributed by atoms with E-state index in [9.17, 15) is 4.21 Å². The van der Waals surface area contributed by atoms with Crippen molar-refractivity contribution in [2.75, 3.05) is 19.7 Å². The van der Waals surface area contributed by atoms with E-state index in [0.717, 1.165) is 31.5 Å². The zero-order valence-corrected chi connectivity index (χ0v) is 19.1. The van der Waals surface area contributed by atoms with Crippen LogP contribution in [0.3, 0.4) is 0 Å². The first-order chi connectivity index (χ1) is 13.2. The van der Waals surface area contributed by atoms with Gasteiger partial charge in [0.2, 0.25) is 0 Å². The quantitative estimate of drug-likeness (QED) is 0.588. The highest BCUT2D eigenvalue weighted by Gasteiger charge is 2.42. The van der Waals surface area contributed by atoms with Gasteiger partial charge in [-0.05, 0) is 70.5 Å². The Kier molecular flexibility index (Phi) is 7.14. The van der Waals surface area contributed by atoms with E-state index in [4.69, 9.17) is 27.9 Å². The lowest BCUT2D eigenvalue weighted by Gasteiger charge is -2.30. The van der Waals surface area contributed by atoms with Gasteiger partial charge in [0.05, 0.1) is 31.8 Å². The Morgan fingerprint density at radius 2 is 1.89 bits per heavy atom. The maximum Gasteiger partial charge on any atom is 0.126 e. The number of benzene rings is 1. The minimum absolute atomic E-state index is 0.111. The van der Waals surface area contributed by atoms with Crippen LogP contribution in [0.2, 0.25) is 10.0 Å². The van der Waals surface area contributed by atoms with Gasteiger partial charge in [-0.1, -0.05) is 35.9 Å². The Balaban J connectivity index is 1.97. The van der Waals surface area contributed by atoms with Crippen molar-refractivity contribution in [1.82, 2.24) is 10.0 Å². The zero-order valence-electron chi connectivity index (χ0n) is 16.8. The van der Waals surface area contributed by atoms with Crippen molar-refractivity contribution in [1.29, 1.82) is 0 Å². The molecule has 7 heteroatoms. The predicted octanol–water partition coefficient (Wildman–Crippen LogP) is 4.90. The third-order valence-corrected chi connectivity index (χ3v) is 8.00. The topological polar surface area (TPSA) is 50.4 Å². The highest BCUT2D eigenvalue weighted by Crippen LogP contribution is 2.47. The molecule has 4 nitrogen and oxygen atoms in total. The van der Waals surface area contributed by atoms with Crippen molar-refractivity contribution < 1.29 is 8.95 Å². The SMILES string of the molecule is C=CCOc1cc(Cl)c(Cl)cc1C(NS(=O)C(C)(C)C)C1CC2CNCC2C1. The molecule has 2 fully saturated rings. The molecule has 3 rings (SSSR count). The molecule has 28 heavy (non-hydrogen) atoms. The van der Waals surface area contributed by atoms with Crippen LogP contribution in [0.5, 0.6) is 5.75 Å². The average Bonchev–Trinajstić information content (AvgIpc) is 3.21. The Labute approximate surface area is 181 Å². The summed E-state index contributed by atoms with van der Waals surface area (Å²) in [7, 11) is -1.21. The van der Waals surface area contributed by atoms with Crippen LogP contribution in [-0.2, 0) is 11.0 Å². The lowest BCUT2D eigenvalue weighted by Crippen LogP contribution is -2.38. The zero-order chi connectivity index (χ0) is 20.5. The van der Waals surface area contributed by atoms with Crippen molar-refractivity contribution in [3.05, 3.63) is 40.4 Å². The van der Waals surface area contributed by atoms with Gasteiger partial charge in [0.1, 0.15) is 12.4 Å². The van der Waals surface area contributed by atoms with Crippen LogP contribution in [0.1, 0.15) is 45.2 Å². The molecule has 0 bridgehead atoms. The third kappa shape index (κ3) is 4.93. The number of nitrogens with one attached hydrogen (secondary N) is 2. The van der Waals surface area contributed by atoms with E-state index in [-0.39, 0.29) is 10.8 Å². The van der Waals surface area contributed by atoms with Gasteiger partial charge >= 0.3 is 0 Å². The molecule has 0 radical (unpaired) electrons. The first kappa shape index (κ1) is 22.1. The summed E-state index contributed by atoms with van der Waals surface area (Å²) in [4.78, 5) is 0. The van der Waals surface area contributed by atoms with Gasteiger partial charge in [0, 0.05) is 11.6 Å². The van der Waals surface area contributed by atoms with Crippen LogP contribution < -0.4 is 14.8 Å². The lowest BCUT2D eigenvalue weighted by molar-refractivity contribution is 0.336. The van der Waals surface area contributed by atoms with Crippen LogP contribution in [0.15, 0.2) is 24.8 Å². The second-order valence-corrected chi connectivity index (χ2v) is 11.6. The standard InChI is InChI=1S/C21H30Cl2N2O2S/c1-5-6-27-19-10-18(23)17(22)9-16(19)20(25-28(26)21(2,3)4)13-7-14-11-24-12-15(14)8-13/h5,9-10,13-15,20,24-25H,1,6-8,11-12H2,2-4H3. The highest BCUT2D eigenvalue weighted by molar-refractivity contribution is 7.84. The number of hydrogen-bond acceptors (Lipinski definition) is 3. The summed E-state index contributed by atoms with van der Waals surface area (Å²) >= 11 is 12.6. The van der Waals surface area contributed by atoms with Crippen molar-refractivity contribution in [3.8, 4) is 5.75 Å². The summed E-state index contributed by atoms with van der Waals surface area (Å²) in [5, 5.41) is 4.42. The van der Waals surface area contributed by atoms with Crippen LogP contribution in [0.4, 0.5) is 0 Å². The Morgan fingerprint density at radius 3 is 2.46 bits per heavy atom. The van der Waals surface area contributed by atoms with E-state index in [1.807, 2.05) is 26.8 Å². The molecule has 1 aromatic carbocycles. The maximum atomic E-state index is 13.0. The van der Waals surface area contributed by atoms with Gasteiger partial charge in [-0.3, -0.25) is 0 Å². The van der Waals surface area contributed by atoms with Crippen LogP contribution in [0, 0.1) is 17.8 Å². The summed E-state index contributed by atoms with van der Waals surface area (Å²) in [6.07, 6.45) is 3.89. The molecule has 1 saturated carbocycles. The normalized spacial score (nSPS) is 26.7. The van der Waals surface area contributed by atoms with Gasteiger partial charge in [-0.2, -0.15) is 0 Å². The summed E-state index contributed by atoms with van der Waals surface area (Å²) < 4.78 is 22.0. The lowest BCUT2D eigenvalue weighted by atomic mass is 9.90. The second-order valence-electron chi connectivity index (χ2n) is 8.79. The first-order valence-electron chi connectivity index (χ1n) is 9.82. The molecule has 156 valence electrons. The molecule has 1 aliphatic carbocycles. The number of fused-ring (bicyclic) bond motifs is 1. The number of hydrogen-bond donors (Lipinski definition) is 2. The molecule has 0 amide bonds. The molecule has 1 aliphatic heterocycles. The van der Waals surface area contributed by atoms with Gasteiger partial charge in [0.25, 0.3) is 0 Å². The van der Waals surface area contributed by atoms with E-state index >= 15 is 0 Å². The van der Waals surface area contributed by atoms with E-state index in [1.54, 1.807) is 12.1 Å². The van der Waals surface area contributed by atoms with Crippen molar-refractivity contribution in [2.24, 2.45) is 17.8 Å². The monoisotopic (exact) mass is 444 g/mol. The smallest absolute Gasteiger partial charge is 0.126 e. The van der Waals surface area contributed by atoms with Crippen molar-refractivity contribution in [2.45, 2.75) is 44.4 Å². The minimum Gasteiger partial charge on any atom is -0.489 e. The summed E-state index contributed by atoms with van der Waals surface area (Å²) in [5.74, 6) is 2.40. The van der Waals surface area contributed by atoms with Crippen molar-refractivity contribution in [3.63, 3.8) is 0 Å². The first-order valence-corrected chi connectivity index (χ1v) is 11.7. The van der Waals surface area contributed by atoms with Crippen LogP contribution >= 0.6 is 23.2 Å². The molecule has 4 atom stereocenters. The molecule has 2 aliphatic rings. The fraction of sp³-hybridized carbons (Fsp3) is 0.619. The molecule has 1 heterocycles. The fourth-order valence-corrected chi connectivity index (χ4v) is 5.48. The fourth-order valence-electron chi connectivity index (χ4n) is 4.25. The number of ether oxygens (including phenoxy) is 1. The Hall–Kier alpha value is -0.590. The maximum absolute atomic E-state index is 13.0. The molecule has 1 saturated heterocycles. The number of rotatable bonds is 7. The van der Waals surface area contributed by atoms with Crippen molar-refractivity contribution >= 4 is 34.2 Å². The Morgan fingerprint density at radius 1 is 1.29 bits per heavy atom. The van der Waals surface area contributed by atoms with E-state index < -0.39 is 11.0 Å². The summed E-state index contributed by atoms with van der Waals surface area (Å²) in [5.41, 5.74) is 0.923. The molecule has 4 unspecified atom stereocenters. The summed E-state index contributed by atoms with van der Waals surface area (Å²) in [6, 6.07) is 3.52. The molecule has 0 aromatic heterocycles. The average molecular weight is 445 g/mol. The van der Waals surface area contributed by atoms with E-state index in [0.29, 0.717) is 40.2 Å². The van der Waals surface area contributed by atoms with Crippen LogP contribution in [-0.4, -0.2) is 28.7 Å². The predicted molar refractivity (Wildman–Crippen MR) is 118 cm³/mol. The minimum atomic E-state index is -1.21. The van der Waals surface area contributed by atoms with Gasteiger partial charge in [0.15, 0.2) is 0 Å². The van der Waals surface area contributed by atoms with Gasteiger partial charge in [-0.15, -0.1) is 0 Å². The van der Waals surface area contributed by atoms with Gasteiger partial charge < -0.3 is 10.1 Å². The van der Waals surface area contributed by atoms with E-state index in [2.05, 4.69) is 16.6 Å². The third-order valence-electron chi connectivity index (χ3n) is 5.70. The second kappa shape index (κ2) is 9.05. The molecular formula is C21H30Cl2N2O2S. The van der Waals surface area contributed by atoms with Gasteiger partial charge in [-0.25, -0.2) is 8.93 Å². The van der Waals surface area contributed by atoms with Crippen LogP contribution in [0.25, 0.3) is 0 Å². The molecular weight excluding hydrogens is 415 g/mol. The summed E-state index contributed by atoms with van der Waals surface area (Å²) in [6.45, 7) is 12.2. The van der Waals surface area contributed by atoms with E-state index in [1.165, 1.54) is 0 Å². The molecule has 1 aromatic rings. The largest absolute Gasteiger partial charge is 0.489 e. The Bertz CT molecular complexity index is 739. The number of halogens is 2. The molecule has 0 spiro atoms. The molecule has 2 N–H and O–H groups in total.